The van der Waals surface area contributed by atoms with Gasteiger partial charge in [0.05, 0.1) is 0 Å². The Morgan fingerprint density at radius 2 is 1.74 bits per heavy atom. The van der Waals surface area contributed by atoms with Crippen molar-refractivity contribution >= 4 is 0 Å². The molecule has 2 aliphatic rings. The minimum absolute atomic E-state index is 0.0751. The predicted octanol–water partition coefficient (Wildman–Crippen LogP) is 4.33. The monoisotopic (exact) mass is 255 g/mol. The van der Waals surface area contributed by atoms with E-state index >= 15 is 0 Å². The normalized spacial score (nSPS) is 21.3. The zero-order valence-corrected chi connectivity index (χ0v) is 12.0. The number of hydrogen-bond donors (Lipinski definition) is 1. The van der Waals surface area contributed by atoms with Crippen molar-refractivity contribution in [3.05, 3.63) is 71.5 Å². The quantitative estimate of drug-likeness (QED) is 0.792. The molecule has 0 unspecified atom stereocenters. The number of hydrogen-bond acceptors (Lipinski definition) is 2. The molecule has 100 valence electrons. The van der Waals surface area contributed by atoms with E-state index in [9.17, 15) is 0 Å². The molecule has 1 aliphatic carbocycles. The largest absolute Gasteiger partial charge is 0.456 e. The second-order valence-corrected chi connectivity index (χ2v) is 5.51. The van der Waals surface area contributed by atoms with Crippen LogP contribution in [0.4, 0.5) is 0 Å². The number of nitrogens with one attached hydrogen (secondary N) is 1. The first-order valence-electron chi connectivity index (χ1n) is 6.54. The van der Waals surface area contributed by atoms with Gasteiger partial charge in [-0.15, -0.1) is 0 Å². The van der Waals surface area contributed by atoms with Gasteiger partial charge in [0.15, 0.2) is 0 Å². The van der Waals surface area contributed by atoms with Crippen molar-refractivity contribution in [3.8, 4) is 0 Å². The van der Waals surface area contributed by atoms with E-state index in [0.29, 0.717) is 0 Å². The maximum absolute atomic E-state index is 5.89. The van der Waals surface area contributed by atoms with Crippen LogP contribution >= 0.6 is 0 Å². The Bertz CT molecular complexity index is 540. The van der Waals surface area contributed by atoms with Gasteiger partial charge in [0, 0.05) is 17.8 Å². The molecule has 0 fully saturated rings. The van der Waals surface area contributed by atoms with Gasteiger partial charge in [-0.2, -0.15) is 0 Å². The van der Waals surface area contributed by atoms with Crippen LogP contribution in [-0.2, 0) is 4.74 Å². The molecular formula is C17H21NO. The Morgan fingerprint density at radius 3 is 2.53 bits per heavy atom. The minimum Gasteiger partial charge on any atom is -0.456 e. The first-order chi connectivity index (χ1) is 8.97. The van der Waals surface area contributed by atoms with Crippen LogP contribution in [0.15, 0.2) is 71.5 Å². The van der Waals surface area contributed by atoms with Crippen molar-refractivity contribution in [1.29, 1.82) is 0 Å². The first-order valence-corrected chi connectivity index (χ1v) is 6.54. The summed E-state index contributed by atoms with van der Waals surface area (Å²) in [5, 5.41) is 3.10. The summed E-state index contributed by atoms with van der Waals surface area (Å²) in [5.41, 5.74) is 2.56. The van der Waals surface area contributed by atoms with E-state index in [1.807, 2.05) is 43.6 Å². The van der Waals surface area contributed by atoms with Gasteiger partial charge in [-0.3, -0.25) is 0 Å². The Labute approximate surface area is 115 Å². The molecule has 0 aromatic heterocycles. The van der Waals surface area contributed by atoms with Gasteiger partial charge in [-0.05, 0) is 37.6 Å². The fourth-order valence-electron chi connectivity index (χ4n) is 1.73. The highest BCUT2D eigenvalue weighted by Gasteiger charge is 2.17. The molecule has 2 rings (SSSR count). The van der Waals surface area contributed by atoms with Gasteiger partial charge in [-0.25, -0.2) is 0 Å². The average Bonchev–Trinajstić information content (AvgIpc) is 2.63. The molecule has 0 aromatic rings. The van der Waals surface area contributed by atoms with Crippen molar-refractivity contribution in [2.24, 2.45) is 5.41 Å². The molecule has 2 nitrogen and oxygen atoms in total. The van der Waals surface area contributed by atoms with Crippen LogP contribution in [0.2, 0.25) is 0 Å². The summed E-state index contributed by atoms with van der Waals surface area (Å²) in [5.74, 6) is 1.65. The summed E-state index contributed by atoms with van der Waals surface area (Å²) in [6.07, 6.45) is 16.1. The average molecular weight is 255 g/mol. The van der Waals surface area contributed by atoms with Crippen LogP contribution in [0.3, 0.4) is 0 Å². The minimum atomic E-state index is 0.0751. The Kier molecular flexibility index (Phi) is 3.79. The lowest BCUT2D eigenvalue weighted by molar-refractivity contribution is 0.334. The lowest BCUT2D eigenvalue weighted by Gasteiger charge is -2.19. The topological polar surface area (TPSA) is 21.3 Å². The molecule has 0 amide bonds. The van der Waals surface area contributed by atoms with Crippen molar-refractivity contribution in [2.45, 2.75) is 27.7 Å². The van der Waals surface area contributed by atoms with E-state index in [2.05, 4.69) is 38.2 Å². The lowest BCUT2D eigenvalue weighted by Crippen LogP contribution is -2.07. The van der Waals surface area contributed by atoms with Gasteiger partial charge < -0.3 is 10.1 Å². The number of rotatable bonds is 2. The van der Waals surface area contributed by atoms with E-state index in [4.69, 9.17) is 4.74 Å². The smallest absolute Gasteiger partial charge is 0.143 e. The van der Waals surface area contributed by atoms with E-state index in [0.717, 1.165) is 17.1 Å². The highest BCUT2D eigenvalue weighted by Crippen LogP contribution is 2.30. The van der Waals surface area contributed by atoms with Crippen LogP contribution in [0.5, 0.6) is 0 Å². The maximum atomic E-state index is 5.89. The Morgan fingerprint density at radius 1 is 0.947 bits per heavy atom. The van der Waals surface area contributed by atoms with Gasteiger partial charge in [0.25, 0.3) is 0 Å². The summed E-state index contributed by atoms with van der Waals surface area (Å²) < 4.78 is 5.89. The third-order valence-corrected chi connectivity index (χ3v) is 3.46. The van der Waals surface area contributed by atoms with Crippen molar-refractivity contribution in [3.63, 3.8) is 0 Å². The molecular weight excluding hydrogens is 234 g/mol. The third-order valence-electron chi connectivity index (χ3n) is 3.46. The summed E-state index contributed by atoms with van der Waals surface area (Å²) in [6.45, 7) is 8.58. The number of ether oxygens (including phenoxy) is 1. The highest BCUT2D eigenvalue weighted by molar-refractivity contribution is 5.34. The molecule has 2 heteroatoms. The number of allylic oxidation sites excluding steroid dienone is 8. The fourth-order valence-corrected chi connectivity index (χ4v) is 1.73. The third kappa shape index (κ3) is 3.50. The van der Waals surface area contributed by atoms with Crippen LogP contribution in [0.25, 0.3) is 0 Å². The zero-order chi connectivity index (χ0) is 13.9. The Hall–Kier alpha value is -1.96. The second-order valence-electron chi connectivity index (χ2n) is 5.51. The molecule has 0 atom stereocenters. The lowest BCUT2D eigenvalue weighted by atomic mass is 9.85. The standard InChI is InChI=1S/C17H21NO/c1-13-5-7-16(12-18-11-13)19-15-8-6-14(2)17(3,4)10-9-15/h5-12,18H,1-4H3. The molecule has 0 bridgehead atoms. The maximum Gasteiger partial charge on any atom is 0.143 e. The molecule has 1 N–H and O–H groups in total. The second kappa shape index (κ2) is 5.35. The van der Waals surface area contributed by atoms with Gasteiger partial charge in [0.1, 0.15) is 11.5 Å². The summed E-state index contributed by atoms with van der Waals surface area (Å²) in [4.78, 5) is 0. The first kappa shape index (κ1) is 13.5. The Balaban J connectivity index is 2.13. The van der Waals surface area contributed by atoms with E-state index in [1.54, 1.807) is 0 Å². The van der Waals surface area contributed by atoms with Crippen molar-refractivity contribution in [1.82, 2.24) is 5.32 Å². The molecule has 0 aromatic carbocycles. The van der Waals surface area contributed by atoms with Crippen molar-refractivity contribution in [2.75, 3.05) is 0 Å². The van der Waals surface area contributed by atoms with Crippen LogP contribution in [-0.4, -0.2) is 0 Å². The molecule has 0 radical (unpaired) electrons. The molecule has 1 heterocycles. The summed E-state index contributed by atoms with van der Waals surface area (Å²) >= 11 is 0. The molecule has 19 heavy (non-hydrogen) atoms. The van der Waals surface area contributed by atoms with E-state index in [-0.39, 0.29) is 5.41 Å². The molecule has 0 spiro atoms. The highest BCUT2D eigenvalue weighted by atomic mass is 16.5. The van der Waals surface area contributed by atoms with Gasteiger partial charge in [-0.1, -0.05) is 37.6 Å². The van der Waals surface area contributed by atoms with Crippen LogP contribution in [0.1, 0.15) is 27.7 Å². The fraction of sp³-hybridized carbons (Fsp3) is 0.294. The van der Waals surface area contributed by atoms with Gasteiger partial charge in [0.2, 0.25) is 0 Å². The van der Waals surface area contributed by atoms with E-state index in [1.165, 1.54) is 5.57 Å². The molecule has 1 aliphatic heterocycles. The summed E-state index contributed by atoms with van der Waals surface area (Å²) in [6, 6.07) is 0. The van der Waals surface area contributed by atoms with E-state index < -0.39 is 0 Å². The molecule has 0 saturated heterocycles. The van der Waals surface area contributed by atoms with Crippen LogP contribution in [0, 0.1) is 5.41 Å². The predicted molar refractivity (Wildman–Crippen MR) is 80.0 cm³/mol. The molecule has 0 saturated carbocycles. The zero-order valence-electron chi connectivity index (χ0n) is 12.0. The summed E-state index contributed by atoms with van der Waals surface area (Å²) in [7, 11) is 0. The van der Waals surface area contributed by atoms with Crippen molar-refractivity contribution < 1.29 is 4.74 Å². The van der Waals surface area contributed by atoms with Crippen LogP contribution < -0.4 is 5.32 Å². The van der Waals surface area contributed by atoms with Gasteiger partial charge >= 0.3 is 0 Å². The SMILES string of the molecule is CC1=CNC=C(OC2=CC=C(C)C(C)(C)C=C2)C=C1.